The van der Waals surface area contributed by atoms with Gasteiger partial charge in [-0.2, -0.15) is 5.10 Å². The van der Waals surface area contributed by atoms with Crippen molar-refractivity contribution in [3.05, 3.63) is 58.6 Å². The van der Waals surface area contributed by atoms with Gasteiger partial charge in [-0.25, -0.2) is 5.43 Å². The molecule has 0 heterocycles. The molecule has 0 saturated heterocycles. The summed E-state index contributed by atoms with van der Waals surface area (Å²) in [4.78, 5) is 11.9. The molecule has 0 bridgehead atoms. The highest BCUT2D eigenvalue weighted by molar-refractivity contribution is 6.30. The zero-order valence-electron chi connectivity index (χ0n) is 11.2. The summed E-state index contributed by atoms with van der Waals surface area (Å²) in [5, 5.41) is 14.1. The standard InChI is InChI=1S/C15H13ClN2O3/c1-21-12-5-6-13(14(19)8-12)15(20)18-17-9-10-3-2-4-11(16)7-10/h2-9,19H,1H3,(H,18,20)/b17-9-. The Labute approximate surface area is 126 Å². The molecule has 0 aliphatic carbocycles. The van der Waals surface area contributed by atoms with Crippen molar-refractivity contribution in [2.24, 2.45) is 5.10 Å². The van der Waals surface area contributed by atoms with Crippen molar-refractivity contribution in [3.63, 3.8) is 0 Å². The van der Waals surface area contributed by atoms with Crippen LogP contribution in [-0.4, -0.2) is 24.3 Å². The number of carbonyl (C=O) groups excluding carboxylic acids is 1. The summed E-state index contributed by atoms with van der Waals surface area (Å²) in [6.07, 6.45) is 1.46. The number of phenolic OH excluding ortho intramolecular Hbond substituents is 1. The minimum Gasteiger partial charge on any atom is -0.507 e. The summed E-state index contributed by atoms with van der Waals surface area (Å²) in [6.45, 7) is 0. The predicted octanol–water partition coefficient (Wildman–Crippen LogP) is 2.82. The first-order valence-corrected chi connectivity index (χ1v) is 6.44. The second-order valence-corrected chi connectivity index (χ2v) is 4.57. The molecule has 0 aliphatic rings. The van der Waals surface area contributed by atoms with E-state index in [4.69, 9.17) is 16.3 Å². The van der Waals surface area contributed by atoms with Crippen molar-refractivity contribution in [3.8, 4) is 11.5 Å². The second kappa shape index (κ2) is 6.76. The van der Waals surface area contributed by atoms with Crippen molar-refractivity contribution in [1.29, 1.82) is 0 Å². The Bertz CT molecular complexity index is 686. The lowest BCUT2D eigenvalue weighted by Crippen LogP contribution is -2.17. The van der Waals surface area contributed by atoms with Gasteiger partial charge < -0.3 is 9.84 Å². The van der Waals surface area contributed by atoms with Gasteiger partial charge >= 0.3 is 0 Å². The SMILES string of the molecule is COc1ccc(C(=O)N/N=C\c2cccc(Cl)c2)c(O)c1. The van der Waals surface area contributed by atoms with E-state index in [2.05, 4.69) is 10.5 Å². The van der Waals surface area contributed by atoms with Crippen LogP contribution < -0.4 is 10.2 Å². The molecule has 0 fully saturated rings. The number of nitrogens with zero attached hydrogens (tertiary/aromatic N) is 1. The highest BCUT2D eigenvalue weighted by Crippen LogP contribution is 2.23. The van der Waals surface area contributed by atoms with E-state index in [9.17, 15) is 9.90 Å². The number of phenols is 1. The first-order valence-electron chi connectivity index (χ1n) is 6.06. The maximum absolute atomic E-state index is 11.9. The molecule has 2 aromatic carbocycles. The number of amides is 1. The zero-order valence-corrected chi connectivity index (χ0v) is 12.0. The normalized spacial score (nSPS) is 10.6. The Morgan fingerprint density at radius 2 is 2.14 bits per heavy atom. The number of rotatable bonds is 4. The van der Waals surface area contributed by atoms with Crippen molar-refractivity contribution < 1.29 is 14.6 Å². The molecule has 0 unspecified atom stereocenters. The molecule has 0 radical (unpaired) electrons. The number of aromatic hydroxyl groups is 1. The van der Waals surface area contributed by atoms with Gasteiger partial charge in [-0.3, -0.25) is 4.79 Å². The van der Waals surface area contributed by atoms with Gasteiger partial charge in [0, 0.05) is 11.1 Å². The van der Waals surface area contributed by atoms with Crippen molar-refractivity contribution in [2.75, 3.05) is 7.11 Å². The number of benzene rings is 2. The summed E-state index contributed by atoms with van der Waals surface area (Å²) >= 11 is 5.84. The van der Waals surface area contributed by atoms with Crippen LogP contribution in [0.15, 0.2) is 47.6 Å². The van der Waals surface area contributed by atoms with E-state index >= 15 is 0 Å². The quantitative estimate of drug-likeness (QED) is 0.674. The molecule has 6 heteroatoms. The van der Waals surface area contributed by atoms with Crippen LogP contribution in [0, 0.1) is 0 Å². The molecular weight excluding hydrogens is 292 g/mol. The highest BCUT2D eigenvalue weighted by atomic mass is 35.5. The van der Waals surface area contributed by atoms with Crippen LogP contribution in [0.25, 0.3) is 0 Å². The molecule has 21 heavy (non-hydrogen) atoms. The van der Waals surface area contributed by atoms with Crippen LogP contribution in [-0.2, 0) is 0 Å². The highest BCUT2D eigenvalue weighted by Gasteiger charge is 2.10. The maximum Gasteiger partial charge on any atom is 0.275 e. The van der Waals surface area contributed by atoms with Crippen molar-refractivity contribution in [2.45, 2.75) is 0 Å². The van der Waals surface area contributed by atoms with Gasteiger partial charge in [-0.05, 0) is 29.8 Å². The van der Waals surface area contributed by atoms with E-state index in [0.29, 0.717) is 10.8 Å². The monoisotopic (exact) mass is 304 g/mol. The molecule has 1 amide bonds. The Morgan fingerprint density at radius 3 is 2.81 bits per heavy atom. The second-order valence-electron chi connectivity index (χ2n) is 4.14. The van der Waals surface area contributed by atoms with Crippen LogP contribution in [0.4, 0.5) is 0 Å². The van der Waals surface area contributed by atoms with E-state index in [1.807, 2.05) is 0 Å². The number of carbonyl (C=O) groups is 1. The summed E-state index contributed by atoms with van der Waals surface area (Å²) in [5.41, 5.74) is 3.19. The minimum absolute atomic E-state index is 0.110. The molecule has 2 N–H and O–H groups in total. The summed E-state index contributed by atoms with van der Waals surface area (Å²) in [7, 11) is 1.48. The topological polar surface area (TPSA) is 70.9 Å². The number of halogens is 1. The number of hydrogen-bond donors (Lipinski definition) is 2. The van der Waals surface area contributed by atoms with Gasteiger partial charge in [0.2, 0.25) is 0 Å². The third kappa shape index (κ3) is 3.97. The third-order valence-corrected chi connectivity index (χ3v) is 2.91. The molecule has 108 valence electrons. The fraction of sp³-hybridized carbons (Fsp3) is 0.0667. The molecule has 0 spiro atoms. The Kier molecular flexibility index (Phi) is 4.79. The molecule has 0 aliphatic heterocycles. The first kappa shape index (κ1) is 14.9. The molecule has 0 aromatic heterocycles. The maximum atomic E-state index is 11.9. The molecule has 0 atom stereocenters. The van der Waals surface area contributed by atoms with Gasteiger partial charge in [0.1, 0.15) is 11.5 Å². The van der Waals surface area contributed by atoms with E-state index < -0.39 is 5.91 Å². The lowest BCUT2D eigenvalue weighted by molar-refractivity contribution is 0.0952. The van der Waals surface area contributed by atoms with Crippen LogP contribution in [0.1, 0.15) is 15.9 Å². The average Bonchev–Trinajstić information content (AvgIpc) is 2.47. The largest absolute Gasteiger partial charge is 0.507 e. The van der Waals surface area contributed by atoms with Gasteiger partial charge in [-0.15, -0.1) is 0 Å². The number of methoxy groups -OCH3 is 1. The Hall–Kier alpha value is -2.53. The van der Waals surface area contributed by atoms with E-state index in [0.717, 1.165) is 5.56 Å². The summed E-state index contributed by atoms with van der Waals surface area (Å²) < 4.78 is 4.95. The lowest BCUT2D eigenvalue weighted by atomic mass is 10.2. The molecule has 2 aromatic rings. The van der Waals surface area contributed by atoms with Gasteiger partial charge in [0.25, 0.3) is 5.91 Å². The van der Waals surface area contributed by atoms with Gasteiger partial charge in [0.05, 0.1) is 18.9 Å². The van der Waals surface area contributed by atoms with Gasteiger partial charge in [0.15, 0.2) is 0 Å². The van der Waals surface area contributed by atoms with Crippen molar-refractivity contribution in [1.82, 2.24) is 5.43 Å². The fourth-order valence-corrected chi connectivity index (χ4v) is 1.84. The van der Waals surface area contributed by atoms with Crippen LogP contribution in [0.5, 0.6) is 11.5 Å². The molecular formula is C15H13ClN2O3. The van der Waals surface area contributed by atoms with E-state index in [-0.39, 0.29) is 11.3 Å². The first-order chi connectivity index (χ1) is 10.1. The number of hydrazone groups is 1. The Morgan fingerprint density at radius 1 is 1.33 bits per heavy atom. The van der Waals surface area contributed by atoms with E-state index in [1.165, 1.54) is 25.5 Å². The van der Waals surface area contributed by atoms with Gasteiger partial charge in [-0.1, -0.05) is 23.7 Å². The van der Waals surface area contributed by atoms with Crippen LogP contribution in [0.3, 0.4) is 0 Å². The minimum atomic E-state index is -0.520. The van der Waals surface area contributed by atoms with Crippen LogP contribution >= 0.6 is 11.6 Å². The average molecular weight is 305 g/mol. The number of nitrogens with one attached hydrogen (secondary N) is 1. The van der Waals surface area contributed by atoms with E-state index in [1.54, 1.807) is 30.3 Å². The molecule has 2 rings (SSSR count). The molecule has 5 nitrogen and oxygen atoms in total. The Balaban J connectivity index is 2.05. The summed E-state index contributed by atoms with van der Waals surface area (Å²) in [6, 6.07) is 11.4. The smallest absolute Gasteiger partial charge is 0.275 e. The third-order valence-electron chi connectivity index (χ3n) is 2.68. The summed E-state index contributed by atoms with van der Waals surface area (Å²) in [5.74, 6) is -0.232. The fourth-order valence-electron chi connectivity index (χ4n) is 1.64. The lowest BCUT2D eigenvalue weighted by Gasteiger charge is -2.05. The number of ether oxygens (including phenoxy) is 1. The number of hydrogen-bond acceptors (Lipinski definition) is 4. The zero-order chi connectivity index (χ0) is 15.2. The van der Waals surface area contributed by atoms with Crippen LogP contribution in [0.2, 0.25) is 5.02 Å². The van der Waals surface area contributed by atoms with Crippen molar-refractivity contribution >= 4 is 23.7 Å². The molecule has 0 saturated carbocycles. The predicted molar refractivity (Wildman–Crippen MR) is 81.2 cm³/mol.